The number of ether oxygens (including phenoxy) is 1. The monoisotopic (exact) mass is 459 g/mol. The van der Waals surface area contributed by atoms with E-state index in [0.717, 1.165) is 4.88 Å². The van der Waals surface area contributed by atoms with Gasteiger partial charge in [0.25, 0.3) is 5.91 Å². The highest BCUT2D eigenvalue weighted by atomic mass is 32.1. The molecule has 0 aliphatic rings. The zero-order chi connectivity index (χ0) is 23.4. The van der Waals surface area contributed by atoms with E-state index in [0.29, 0.717) is 22.6 Å². The first-order valence-corrected chi connectivity index (χ1v) is 11.1. The summed E-state index contributed by atoms with van der Waals surface area (Å²) in [5, 5.41) is 9.21. The van der Waals surface area contributed by atoms with Crippen LogP contribution in [0, 0.1) is 0 Å². The van der Waals surface area contributed by atoms with Crippen LogP contribution in [0.15, 0.2) is 78.2 Å². The lowest BCUT2D eigenvalue weighted by atomic mass is 10.1. The van der Waals surface area contributed by atoms with Crippen LogP contribution in [-0.2, 0) is 9.53 Å². The summed E-state index contributed by atoms with van der Waals surface area (Å²) in [5.74, 6) is -1.21. The van der Waals surface area contributed by atoms with Crippen molar-refractivity contribution in [1.82, 2.24) is 9.78 Å². The van der Waals surface area contributed by atoms with Crippen molar-refractivity contribution < 1.29 is 19.1 Å². The zero-order valence-electron chi connectivity index (χ0n) is 18.0. The molecule has 0 aliphatic carbocycles. The Morgan fingerprint density at radius 3 is 2.36 bits per heavy atom. The van der Waals surface area contributed by atoms with Crippen molar-refractivity contribution in [2.75, 3.05) is 5.32 Å². The molecule has 4 aromatic rings. The van der Waals surface area contributed by atoms with E-state index in [-0.39, 0.29) is 11.5 Å². The largest absolute Gasteiger partial charge is 0.448 e. The van der Waals surface area contributed by atoms with Gasteiger partial charge in [0.2, 0.25) is 0 Å². The van der Waals surface area contributed by atoms with Gasteiger partial charge in [-0.25, -0.2) is 9.48 Å². The highest BCUT2D eigenvalue weighted by Gasteiger charge is 2.24. The molecular formula is C25H21N3O4S. The summed E-state index contributed by atoms with van der Waals surface area (Å²) < 4.78 is 6.98. The molecule has 2 heterocycles. The van der Waals surface area contributed by atoms with Crippen LogP contribution in [0.5, 0.6) is 0 Å². The molecule has 33 heavy (non-hydrogen) atoms. The number of aromatic nitrogens is 2. The number of hydrogen-bond donors (Lipinski definition) is 1. The van der Waals surface area contributed by atoms with E-state index in [1.54, 1.807) is 30.3 Å². The second-order valence-electron chi connectivity index (χ2n) is 7.31. The van der Waals surface area contributed by atoms with Crippen molar-refractivity contribution >= 4 is 34.7 Å². The molecule has 0 bridgehead atoms. The average Bonchev–Trinajstić information content (AvgIpc) is 3.50. The number of thiophene rings is 1. The van der Waals surface area contributed by atoms with Crippen LogP contribution in [0.25, 0.3) is 16.3 Å². The second-order valence-corrected chi connectivity index (χ2v) is 8.26. The van der Waals surface area contributed by atoms with Crippen molar-refractivity contribution in [1.29, 1.82) is 0 Å². The molecule has 7 nitrogen and oxygen atoms in total. The van der Waals surface area contributed by atoms with Crippen molar-refractivity contribution in [2.45, 2.75) is 20.0 Å². The lowest BCUT2D eigenvalue weighted by Crippen LogP contribution is -2.30. The van der Waals surface area contributed by atoms with E-state index in [2.05, 4.69) is 10.4 Å². The van der Waals surface area contributed by atoms with Crippen molar-refractivity contribution in [2.24, 2.45) is 0 Å². The Bertz CT molecular complexity index is 1280. The van der Waals surface area contributed by atoms with E-state index in [1.807, 2.05) is 47.8 Å². The van der Waals surface area contributed by atoms with Gasteiger partial charge in [-0.1, -0.05) is 24.3 Å². The minimum atomic E-state index is -1.05. The van der Waals surface area contributed by atoms with Crippen LogP contribution < -0.4 is 5.32 Å². The third kappa shape index (κ3) is 5.07. The predicted molar refractivity (Wildman–Crippen MR) is 127 cm³/mol. The Morgan fingerprint density at radius 1 is 1.00 bits per heavy atom. The average molecular weight is 460 g/mol. The number of rotatable bonds is 7. The first-order chi connectivity index (χ1) is 15.9. The summed E-state index contributed by atoms with van der Waals surface area (Å²) in [6.45, 7) is 2.97. The molecule has 2 aromatic carbocycles. The van der Waals surface area contributed by atoms with Crippen molar-refractivity contribution in [3.63, 3.8) is 0 Å². The SMILES string of the molecule is CC(=O)c1ccc(NC(=O)C(C)OC(=O)c2cc(-c3cccs3)nn2-c2ccccc2)cc1. The predicted octanol–water partition coefficient (Wildman–Crippen LogP) is 4.99. The maximum Gasteiger partial charge on any atom is 0.357 e. The normalized spacial score (nSPS) is 11.6. The van der Waals surface area contributed by atoms with Gasteiger partial charge in [-0.15, -0.1) is 11.3 Å². The Balaban J connectivity index is 1.52. The number of anilines is 1. The van der Waals surface area contributed by atoms with Gasteiger partial charge in [0, 0.05) is 17.3 Å². The summed E-state index contributed by atoms with van der Waals surface area (Å²) in [6.07, 6.45) is -1.05. The summed E-state index contributed by atoms with van der Waals surface area (Å²) >= 11 is 1.51. The first-order valence-electron chi connectivity index (χ1n) is 10.2. The number of Topliss-reactive ketones (excluding diaryl/α,β-unsaturated/α-hetero) is 1. The minimum Gasteiger partial charge on any atom is -0.448 e. The fourth-order valence-electron chi connectivity index (χ4n) is 3.14. The molecule has 2 aromatic heterocycles. The van der Waals surface area contributed by atoms with Gasteiger partial charge >= 0.3 is 5.97 Å². The number of carbonyl (C=O) groups is 3. The molecule has 0 saturated heterocycles. The van der Waals surface area contributed by atoms with Gasteiger partial charge in [-0.05, 0) is 61.7 Å². The van der Waals surface area contributed by atoms with Crippen LogP contribution >= 0.6 is 11.3 Å². The van der Waals surface area contributed by atoms with Gasteiger partial charge < -0.3 is 10.1 Å². The third-order valence-electron chi connectivity index (χ3n) is 4.90. The minimum absolute atomic E-state index is 0.0629. The summed E-state index contributed by atoms with van der Waals surface area (Å²) in [6, 6.07) is 21.2. The molecule has 0 spiro atoms. The summed E-state index contributed by atoms with van der Waals surface area (Å²) in [7, 11) is 0. The van der Waals surface area contributed by atoms with E-state index >= 15 is 0 Å². The van der Waals surface area contributed by atoms with E-state index in [1.165, 1.54) is 29.9 Å². The lowest BCUT2D eigenvalue weighted by Gasteiger charge is -2.14. The smallest absolute Gasteiger partial charge is 0.357 e. The molecule has 1 unspecified atom stereocenters. The molecule has 0 fully saturated rings. The molecule has 4 rings (SSSR count). The van der Waals surface area contributed by atoms with E-state index in [4.69, 9.17) is 4.74 Å². The fraction of sp³-hybridized carbons (Fsp3) is 0.120. The number of nitrogens with zero attached hydrogens (tertiary/aromatic N) is 2. The van der Waals surface area contributed by atoms with Gasteiger partial charge in [-0.2, -0.15) is 5.10 Å². The highest BCUT2D eigenvalue weighted by molar-refractivity contribution is 7.13. The molecule has 1 amide bonds. The Morgan fingerprint density at radius 2 is 1.73 bits per heavy atom. The van der Waals surface area contributed by atoms with Crippen LogP contribution in [0.1, 0.15) is 34.7 Å². The van der Waals surface area contributed by atoms with Crippen molar-refractivity contribution in [3.05, 3.63) is 89.4 Å². The maximum atomic E-state index is 13.0. The molecule has 1 atom stereocenters. The second kappa shape index (κ2) is 9.62. The number of hydrogen-bond acceptors (Lipinski definition) is 6. The number of nitrogens with one attached hydrogen (secondary N) is 1. The molecule has 0 aliphatic heterocycles. The Hall–Kier alpha value is -4.04. The molecule has 1 N–H and O–H groups in total. The third-order valence-corrected chi connectivity index (χ3v) is 5.80. The molecule has 166 valence electrons. The fourth-order valence-corrected chi connectivity index (χ4v) is 3.83. The topological polar surface area (TPSA) is 90.3 Å². The summed E-state index contributed by atoms with van der Waals surface area (Å²) in [5.41, 5.74) is 2.61. The highest BCUT2D eigenvalue weighted by Crippen LogP contribution is 2.26. The van der Waals surface area contributed by atoms with Crippen LogP contribution in [0.2, 0.25) is 0 Å². The molecule has 0 radical (unpaired) electrons. The van der Waals surface area contributed by atoms with Gasteiger partial charge in [0.05, 0.1) is 10.6 Å². The van der Waals surface area contributed by atoms with Crippen LogP contribution in [-0.4, -0.2) is 33.5 Å². The van der Waals surface area contributed by atoms with E-state index in [9.17, 15) is 14.4 Å². The van der Waals surface area contributed by atoms with Gasteiger partial charge in [0.1, 0.15) is 5.69 Å². The summed E-state index contributed by atoms with van der Waals surface area (Å²) in [4.78, 5) is 37.9. The Labute approximate surface area is 194 Å². The Kier molecular flexibility index (Phi) is 6.46. The van der Waals surface area contributed by atoms with Gasteiger partial charge in [0.15, 0.2) is 17.6 Å². The molecule has 0 saturated carbocycles. The number of carbonyl (C=O) groups excluding carboxylic acids is 3. The number of ketones is 1. The van der Waals surface area contributed by atoms with Crippen LogP contribution in [0.3, 0.4) is 0 Å². The number of para-hydroxylation sites is 1. The number of amides is 1. The van der Waals surface area contributed by atoms with E-state index < -0.39 is 18.0 Å². The molecule has 8 heteroatoms. The maximum absolute atomic E-state index is 13.0. The van der Waals surface area contributed by atoms with Crippen LogP contribution in [0.4, 0.5) is 5.69 Å². The lowest BCUT2D eigenvalue weighted by molar-refractivity contribution is -0.123. The molecular weight excluding hydrogens is 438 g/mol. The first kappa shape index (κ1) is 22.2. The standard InChI is InChI=1S/C25H21N3O4S/c1-16(29)18-10-12-19(13-11-18)26-24(30)17(2)32-25(31)22-15-21(23-9-6-14-33-23)27-28(22)20-7-4-3-5-8-20/h3-15,17H,1-2H3,(H,26,30). The zero-order valence-corrected chi connectivity index (χ0v) is 18.8. The number of benzene rings is 2. The van der Waals surface area contributed by atoms with Gasteiger partial charge in [-0.3, -0.25) is 9.59 Å². The van der Waals surface area contributed by atoms with Crippen molar-refractivity contribution in [3.8, 4) is 16.3 Å². The quantitative estimate of drug-likeness (QED) is 0.311. The number of esters is 1.